The molecular formula is C24H23ClN4O2. The molecule has 0 atom stereocenters. The second-order valence-electron chi connectivity index (χ2n) is 7.44. The highest BCUT2D eigenvalue weighted by Gasteiger charge is 2.17. The molecule has 2 heterocycles. The second kappa shape index (κ2) is 8.78. The van der Waals surface area contributed by atoms with Crippen molar-refractivity contribution in [2.75, 3.05) is 5.32 Å². The van der Waals surface area contributed by atoms with E-state index in [2.05, 4.69) is 15.0 Å². The molecule has 2 aromatic carbocycles. The molecule has 0 aliphatic rings. The lowest BCUT2D eigenvalue weighted by Gasteiger charge is -2.10. The molecule has 0 bridgehead atoms. The Morgan fingerprint density at radius 1 is 1.03 bits per heavy atom. The molecular weight excluding hydrogens is 412 g/mol. The highest BCUT2D eigenvalue weighted by molar-refractivity contribution is 6.33. The molecule has 2 aromatic heterocycles. The molecule has 6 nitrogen and oxygen atoms in total. The van der Waals surface area contributed by atoms with Gasteiger partial charge in [0.25, 0.3) is 5.56 Å². The Labute approximate surface area is 185 Å². The smallest absolute Gasteiger partial charge is 0.281 e. The predicted molar refractivity (Wildman–Crippen MR) is 124 cm³/mol. The summed E-state index contributed by atoms with van der Waals surface area (Å²) in [4.78, 5) is 25.5. The zero-order valence-electron chi connectivity index (χ0n) is 17.4. The van der Waals surface area contributed by atoms with Crippen LogP contribution in [-0.4, -0.2) is 20.3 Å². The molecule has 0 spiro atoms. The number of aromatic nitrogens is 3. The zero-order valence-corrected chi connectivity index (χ0v) is 18.2. The molecule has 31 heavy (non-hydrogen) atoms. The van der Waals surface area contributed by atoms with Crippen molar-refractivity contribution in [1.29, 1.82) is 0 Å². The van der Waals surface area contributed by atoms with Gasteiger partial charge in [-0.15, -0.1) is 0 Å². The van der Waals surface area contributed by atoms with E-state index in [0.717, 1.165) is 22.5 Å². The van der Waals surface area contributed by atoms with Gasteiger partial charge in [0.2, 0.25) is 5.91 Å². The minimum absolute atomic E-state index is 0.0896. The van der Waals surface area contributed by atoms with Crippen LogP contribution in [0.4, 0.5) is 5.69 Å². The summed E-state index contributed by atoms with van der Waals surface area (Å²) in [6.45, 7) is 4.55. The van der Waals surface area contributed by atoms with Crippen LogP contribution in [0.25, 0.3) is 16.5 Å². The second-order valence-corrected chi connectivity index (χ2v) is 7.85. The minimum atomic E-state index is -0.139. The van der Waals surface area contributed by atoms with Gasteiger partial charge in [-0.2, -0.15) is 9.78 Å². The molecule has 4 aromatic rings. The lowest BCUT2D eigenvalue weighted by Crippen LogP contribution is -2.21. The number of aryl methyl sites for hydroxylation is 2. The molecule has 1 amide bonds. The van der Waals surface area contributed by atoms with Gasteiger partial charge in [0, 0.05) is 29.7 Å². The van der Waals surface area contributed by atoms with Crippen molar-refractivity contribution >= 4 is 34.0 Å². The molecule has 7 heteroatoms. The average Bonchev–Trinajstić information content (AvgIpc) is 3.01. The van der Waals surface area contributed by atoms with E-state index in [1.165, 1.54) is 4.68 Å². The fourth-order valence-corrected chi connectivity index (χ4v) is 4.05. The van der Waals surface area contributed by atoms with Crippen molar-refractivity contribution in [3.63, 3.8) is 0 Å². The number of anilines is 1. The van der Waals surface area contributed by atoms with Crippen LogP contribution in [0.3, 0.4) is 0 Å². The Bertz CT molecular complexity index is 1310. The standard InChI is InChI=1S/C24H23ClN4O2/c1-16-19-15-26-29(18-9-4-3-5-10-18)24(31)23(19)17(2)28(16)14-8-13-22(30)27-21-12-7-6-11-20(21)25/h3-7,9-12,15H,8,13-14H2,1-2H3,(H,27,30). The number of fused-ring (bicyclic) bond motifs is 1. The van der Waals surface area contributed by atoms with Crippen LogP contribution in [0, 0.1) is 13.8 Å². The quantitative estimate of drug-likeness (QED) is 0.470. The molecule has 4 rings (SSSR count). The van der Waals surface area contributed by atoms with Crippen molar-refractivity contribution in [3.8, 4) is 5.69 Å². The summed E-state index contributed by atoms with van der Waals surface area (Å²) >= 11 is 6.10. The first-order chi connectivity index (χ1) is 15.0. The monoisotopic (exact) mass is 434 g/mol. The van der Waals surface area contributed by atoms with Crippen molar-refractivity contribution < 1.29 is 4.79 Å². The normalized spacial score (nSPS) is 11.1. The molecule has 0 unspecified atom stereocenters. The van der Waals surface area contributed by atoms with Gasteiger partial charge in [-0.05, 0) is 44.5 Å². The van der Waals surface area contributed by atoms with Crippen molar-refractivity contribution in [3.05, 3.63) is 87.6 Å². The molecule has 0 aliphatic carbocycles. The number of nitrogens with one attached hydrogen (secondary N) is 1. The van der Waals surface area contributed by atoms with Crippen LogP contribution in [0.1, 0.15) is 24.2 Å². The summed E-state index contributed by atoms with van der Waals surface area (Å²) in [5.41, 5.74) is 3.07. The number of halogens is 1. The van der Waals surface area contributed by atoms with Gasteiger partial charge in [0.05, 0.1) is 28.0 Å². The number of hydrogen-bond acceptors (Lipinski definition) is 3. The lowest BCUT2D eigenvalue weighted by atomic mass is 10.2. The Morgan fingerprint density at radius 3 is 2.48 bits per heavy atom. The fourth-order valence-electron chi connectivity index (χ4n) is 3.87. The summed E-state index contributed by atoms with van der Waals surface area (Å²) in [6.07, 6.45) is 2.73. The number of hydrogen-bond donors (Lipinski definition) is 1. The molecule has 0 saturated carbocycles. The highest BCUT2D eigenvalue weighted by Crippen LogP contribution is 2.24. The van der Waals surface area contributed by atoms with Gasteiger partial charge < -0.3 is 9.88 Å². The molecule has 0 radical (unpaired) electrons. The summed E-state index contributed by atoms with van der Waals surface area (Å²) in [5.74, 6) is -0.0896. The van der Waals surface area contributed by atoms with Crippen LogP contribution < -0.4 is 10.9 Å². The van der Waals surface area contributed by atoms with Crippen LogP contribution in [-0.2, 0) is 11.3 Å². The Morgan fingerprint density at radius 2 is 1.74 bits per heavy atom. The Hall–Kier alpha value is -3.38. The van der Waals surface area contributed by atoms with E-state index in [4.69, 9.17) is 11.6 Å². The first kappa shape index (κ1) is 20.9. The maximum absolute atomic E-state index is 13.1. The van der Waals surface area contributed by atoms with E-state index in [1.807, 2.05) is 56.3 Å². The van der Waals surface area contributed by atoms with Crippen LogP contribution in [0.15, 0.2) is 65.6 Å². The maximum Gasteiger partial charge on any atom is 0.281 e. The highest BCUT2D eigenvalue weighted by atomic mass is 35.5. The maximum atomic E-state index is 13.1. The van der Waals surface area contributed by atoms with Crippen LogP contribution in [0.5, 0.6) is 0 Å². The van der Waals surface area contributed by atoms with Gasteiger partial charge in [0.15, 0.2) is 0 Å². The zero-order chi connectivity index (χ0) is 22.0. The minimum Gasteiger partial charge on any atom is -0.348 e. The molecule has 1 N–H and O–H groups in total. The number of rotatable bonds is 6. The fraction of sp³-hybridized carbons (Fsp3) is 0.208. The number of carbonyl (C=O) groups excluding carboxylic acids is 1. The summed E-state index contributed by atoms with van der Waals surface area (Å²) < 4.78 is 3.52. The summed E-state index contributed by atoms with van der Waals surface area (Å²) in [7, 11) is 0. The first-order valence-corrected chi connectivity index (χ1v) is 10.5. The third-order valence-electron chi connectivity index (χ3n) is 5.47. The Kier molecular flexibility index (Phi) is 5.91. The van der Waals surface area contributed by atoms with Gasteiger partial charge in [-0.3, -0.25) is 9.59 Å². The largest absolute Gasteiger partial charge is 0.348 e. The molecule has 0 saturated heterocycles. The number of amides is 1. The number of carbonyl (C=O) groups is 1. The summed E-state index contributed by atoms with van der Waals surface area (Å²) in [5, 5.41) is 9.24. The third-order valence-corrected chi connectivity index (χ3v) is 5.80. The van der Waals surface area contributed by atoms with Gasteiger partial charge in [-0.25, -0.2) is 0 Å². The lowest BCUT2D eigenvalue weighted by molar-refractivity contribution is -0.116. The Balaban J connectivity index is 1.53. The van der Waals surface area contributed by atoms with Gasteiger partial charge in [0.1, 0.15) is 0 Å². The van der Waals surface area contributed by atoms with Gasteiger partial charge in [-0.1, -0.05) is 41.9 Å². The van der Waals surface area contributed by atoms with Gasteiger partial charge >= 0.3 is 0 Å². The first-order valence-electron chi connectivity index (χ1n) is 10.1. The topological polar surface area (TPSA) is 68.9 Å². The number of nitrogens with zero attached hydrogens (tertiary/aromatic N) is 3. The van der Waals surface area contributed by atoms with Crippen LogP contribution >= 0.6 is 11.6 Å². The van der Waals surface area contributed by atoms with E-state index in [-0.39, 0.29) is 11.5 Å². The number of benzene rings is 2. The van der Waals surface area contributed by atoms with Crippen molar-refractivity contribution in [2.45, 2.75) is 33.2 Å². The van der Waals surface area contributed by atoms with E-state index >= 15 is 0 Å². The predicted octanol–water partition coefficient (Wildman–Crippen LogP) is 4.88. The summed E-state index contributed by atoms with van der Waals surface area (Å²) in [6, 6.07) is 16.5. The number of para-hydroxylation sites is 2. The average molecular weight is 435 g/mol. The van der Waals surface area contributed by atoms with E-state index in [0.29, 0.717) is 35.5 Å². The van der Waals surface area contributed by atoms with E-state index in [1.54, 1.807) is 18.3 Å². The van der Waals surface area contributed by atoms with E-state index in [9.17, 15) is 9.59 Å². The SMILES string of the molecule is Cc1c2cnn(-c3ccccc3)c(=O)c2c(C)n1CCCC(=O)Nc1ccccc1Cl. The van der Waals surface area contributed by atoms with Crippen molar-refractivity contribution in [1.82, 2.24) is 14.3 Å². The molecule has 158 valence electrons. The molecule has 0 fully saturated rings. The van der Waals surface area contributed by atoms with Crippen molar-refractivity contribution in [2.24, 2.45) is 0 Å². The van der Waals surface area contributed by atoms with E-state index < -0.39 is 0 Å². The third kappa shape index (κ3) is 4.11. The molecule has 0 aliphatic heterocycles. The van der Waals surface area contributed by atoms with Crippen LogP contribution in [0.2, 0.25) is 5.02 Å².